The summed E-state index contributed by atoms with van der Waals surface area (Å²) in [6, 6.07) is 5.83. The highest BCUT2D eigenvalue weighted by molar-refractivity contribution is 5.97. The molecule has 4 N–H and O–H groups in total. The predicted octanol–water partition coefficient (Wildman–Crippen LogP) is 1.81. The summed E-state index contributed by atoms with van der Waals surface area (Å²) in [4.78, 5) is 24.2. The first-order chi connectivity index (χ1) is 9.92. The molecular formula is C16H21N3O2. The van der Waals surface area contributed by atoms with Gasteiger partial charge in [-0.2, -0.15) is 0 Å². The lowest BCUT2D eigenvalue weighted by atomic mass is 9.94. The van der Waals surface area contributed by atoms with Crippen LogP contribution in [-0.4, -0.2) is 11.8 Å². The van der Waals surface area contributed by atoms with Crippen molar-refractivity contribution in [2.45, 2.75) is 26.7 Å². The largest absolute Gasteiger partial charge is 0.326 e. The van der Waals surface area contributed by atoms with Gasteiger partial charge in [0.15, 0.2) is 0 Å². The number of rotatable bonds is 3. The predicted molar refractivity (Wildman–Crippen MR) is 82.2 cm³/mol. The fraction of sp³-hybridized carbons (Fsp3) is 0.375. The molecule has 0 spiro atoms. The lowest BCUT2D eigenvalue weighted by Gasteiger charge is -2.18. The first-order valence-electron chi connectivity index (χ1n) is 6.97. The van der Waals surface area contributed by atoms with Gasteiger partial charge in [0.25, 0.3) is 0 Å². The van der Waals surface area contributed by atoms with Crippen molar-refractivity contribution in [1.82, 2.24) is 5.43 Å². The number of benzene rings is 1. The minimum absolute atomic E-state index is 0.158. The quantitative estimate of drug-likeness (QED) is 0.343. The summed E-state index contributed by atoms with van der Waals surface area (Å²) in [5, 5.41) is 2.91. The van der Waals surface area contributed by atoms with Crippen LogP contribution in [0.3, 0.4) is 0 Å². The molecule has 1 aromatic carbocycles. The third kappa shape index (κ3) is 3.31. The van der Waals surface area contributed by atoms with E-state index in [-0.39, 0.29) is 11.8 Å². The van der Waals surface area contributed by atoms with E-state index in [1.807, 2.05) is 32.0 Å². The molecule has 0 saturated heterocycles. The van der Waals surface area contributed by atoms with Crippen LogP contribution in [0.1, 0.15) is 24.0 Å². The Balaban J connectivity index is 2.15. The second kappa shape index (κ2) is 6.10. The number of amides is 2. The Morgan fingerprint density at radius 2 is 1.81 bits per heavy atom. The van der Waals surface area contributed by atoms with Gasteiger partial charge < -0.3 is 5.32 Å². The Bertz CT molecular complexity index is 595. The lowest BCUT2D eigenvalue weighted by molar-refractivity contribution is -0.131. The number of nitrogens with two attached hydrogens (primary N) is 1. The summed E-state index contributed by atoms with van der Waals surface area (Å²) in [7, 11) is 0. The summed E-state index contributed by atoms with van der Waals surface area (Å²) < 4.78 is 0. The first kappa shape index (κ1) is 15.3. The second-order valence-corrected chi connectivity index (χ2v) is 5.69. The SMILES string of the molecule is C=C1C[C@H](C(=O)NN)[C@@H](C(=O)Nc2ccc(C)cc2C)C1. The van der Waals surface area contributed by atoms with Crippen molar-refractivity contribution in [2.75, 3.05) is 5.32 Å². The van der Waals surface area contributed by atoms with Gasteiger partial charge in [0, 0.05) is 5.69 Å². The molecular weight excluding hydrogens is 266 g/mol. The van der Waals surface area contributed by atoms with Crippen molar-refractivity contribution in [3.63, 3.8) is 0 Å². The molecule has 1 aliphatic carbocycles. The monoisotopic (exact) mass is 287 g/mol. The number of hydrazine groups is 1. The number of carbonyl (C=O) groups is 2. The van der Waals surface area contributed by atoms with Crippen LogP contribution in [0.15, 0.2) is 30.4 Å². The van der Waals surface area contributed by atoms with Crippen LogP contribution < -0.4 is 16.6 Å². The van der Waals surface area contributed by atoms with Crippen LogP contribution in [0.2, 0.25) is 0 Å². The summed E-state index contributed by atoms with van der Waals surface area (Å²) >= 11 is 0. The Labute approximate surface area is 124 Å². The van der Waals surface area contributed by atoms with Crippen LogP contribution in [0.4, 0.5) is 5.69 Å². The molecule has 5 nitrogen and oxygen atoms in total. The summed E-state index contributed by atoms with van der Waals surface area (Å²) in [6.45, 7) is 7.83. The van der Waals surface area contributed by atoms with E-state index < -0.39 is 11.8 Å². The maximum absolute atomic E-state index is 12.5. The average Bonchev–Trinajstić information content (AvgIpc) is 2.83. The molecule has 1 fully saturated rings. The van der Waals surface area contributed by atoms with E-state index in [1.165, 1.54) is 0 Å². The highest BCUT2D eigenvalue weighted by atomic mass is 16.2. The van der Waals surface area contributed by atoms with Gasteiger partial charge in [0.05, 0.1) is 11.8 Å². The molecule has 0 aromatic heterocycles. The van der Waals surface area contributed by atoms with Crippen LogP contribution in [0, 0.1) is 25.7 Å². The van der Waals surface area contributed by atoms with Gasteiger partial charge in [-0.3, -0.25) is 15.0 Å². The summed E-state index contributed by atoms with van der Waals surface area (Å²) in [5.74, 6) is 3.87. The third-order valence-electron chi connectivity index (χ3n) is 3.96. The number of carbonyl (C=O) groups excluding carboxylic acids is 2. The van der Waals surface area contributed by atoms with Gasteiger partial charge in [-0.15, -0.1) is 0 Å². The fourth-order valence-electron chi connectivity index (χ4n) is 2.83. The molecule has 2 rings (SSSR count). The summed E-state index contributed by atoms with van der Waals surface area (Å²) in [6.07, 6.45) is 1.03. The van der Waals surface area contributed by atoms with Gasteiger partial charge in [-0.25, -0.2) is 5.84 Å². The second-order valence-electron chi connectivity index (χ2n) is 5.69. The number of nitrogens with one attached hydrogen (secondary N) is 2. The molecule has 0 unspecified atom stereocenters. The van der Waals surface area contributed by atoms with Gasteiger partial charge >= 0.3 is 0 Å². The highest BCUT2D eigenvalue weighted by Gasteiger charge is 2.39. The van der Waals surface area contributed by atoms with E-state index in [0.717, 1.165) is 22.4 Å². The van der Waals surface area contributed by atoms with Crippen molar-refractivity contribution in [3.05, 3.63) is 41.5 Å². The first-order valence-corrected chi connectivity index (χ1v) is 6.97. The molecule has 2 atom stereocenters. The zero-order valence-electron chi connectivity index (χ0n) is 12.4. The number of hydrogen-bond acceptors (Lipinski definition) is 3. The Hall–Kier alpha value is -2.14. The van der Waals surface area contributed by atoms with Gasteiger partial charge in [-0.1, -0.05) is 29.8 Å². The van der Waals surface area contributed by atoms with E-state index in [4.69, 9.17) is 5.84 Å². The van der Waals surface area contributed by atoms with Crippen LogP contribution in [0.5, 0.6) is 0 Å². The van der Waals surface area contributed by atoms with E-state index in [0.29, 0.717) is 12.8 Å². The van der Waals surface area contributed by atoms with Crippen molar-refractivity contribution in [2.24, 2.45) is 17.7 Å². The molecule has 1 aliphatic rings. The summed E-state index contributed by atoms with van der Waals surface area (Å²) in [5.41, 5.74) is 5.95. The Kier molecular flexibility index (Phi) is 4.43. The molecule has 0 aliphatic heterocycles. The number of anilines is 1. The molecule has 0 radical (unpaired) electrons. The molecule has 21 heavy (non-hydrogen) atoms. The maximum atomic E-state index is 12.5. The Morgan fingerprint density at radius 1 is 1.19 bits per heavy atom. The maximum Gasteiger partial charge on any atom is 0.238 e. The standard InChI is InChI=1S/C16H21N3O2/c1-9-4-5-14(11(3)6-9)18-15(20)12-7-10(2)8-13(12)16(21)19-17/h4-6,12-13H,2,7-8,17H2,1,3H3,(H,18,20)(H,19,21)/t12-,13-/m0/s1. The zero-order chi connectivity index (χ0) is 15.6. The van der Waals surface area contributed by atoms with Gasteiger partial charge in [-0.05, 0) is 38.3 Å². The lowest BCUT2D eigenvalue weighted by Crippen LogP contribution is -2.40. The topological polar surface area (TPSA) is 84.2 Å². The molecule has 0 heterocycles. The van der Waals surface area contributed by atoms with Gasteiger partial charge in [0.2, 0.25) is 11.8 Å². The van der Waals surface area contributed by atoms with Crippen molar-refractivity contribution in [3.8, 4) is 0 Å². The van der Waals surface area contributed by atoms with Crippen LogP contribution in [0.25, 0.3) is 0 Å². The Morgan fingerprint density at radius 3 is 2.38 bits per heavy atom. The normalized spacial score (nSPS) is 21.2. The molecule has 0 bridgehead atoms. The molecule has 1 aromatic rings. The highest BCUT2D eigenvalue weighted by Crippen LogP contribution is 2.36. The molecule has 1 saturated carbocycles. The minimum atomic E-state index is -0.437. The van der Waals surface area contributed by atoms with Crippen LogP contribution in [-0.2, 0) is 9.59 Å². The molecule has 5 heteroatoms. The van der Waals surface area contributed by atoms with Crippen molar-refractivity contribution >= 4 is 17.5 Å². The smallest absolute Gasteiger partial charge is 0.238 e. The number of hydrogen-bond donors (Lipinski definition) is 3. The van der Waals surface area contributed by atoms with E-state index in [1.54, 1.807) is 0 Å². The average molecular weight is 287 g/mol. The number of allylic oxidation sites excluding steroid dienone is 1. The van der Waals surface area contributed by atoms with Crippen LogP contribution >= 0.6 is 0 Å². The zero-order valence-corrected chi connectivity index (χ0v) is 12.4. The minimum Gasteiger partial charge on any atom is -0.326 e. The van der Waals surface area contributed by atoms with E-state index in [2.05, 4.69) is 17.3 Å². The van der Waals surface area contributed by atoms with Crippen molar-refractivity contribution in [1.29, 1.82) is 0 Å². The fourth-order valence-corrected chi connectivity index (χ4v) is 2.83. The van der Waals surface area contributed by atoms with E-state index in [9.17, 15) is 9.59 Å². The molecule has 2 amide bonds. The third-order valence-corrected chi connectivity index (χ3v) is 3.96. The van der Waals surface area contributed by atoms with E-state index >= 15 is 0 Å². The number of aryl methyl sites for hydroxylation is 2. The molecule has 112 valence electrons. The van der Waals surface area contributed by atoms with Crippen molar-refractivity contribution < 1.29 is 9.59 Å². The van der Waals surface area contributed by atoms with Gasteiger partial charge in [0.1, 0.15) is 0 Å².